The highest BCUT2D eigenvalue weighted by atomic mass is 32.2. The second-order valence-electron chi connectivity index (χ2n) is 6.45. The van der Waals surface area contributed by atoms with Crippen molar-refractivity contribution in [1.29, 1.82) is 0 Å². The monoisotopic (exact) mass is 412 g/mol. The molecular formula is C21H20N2O5S. The Bertz CT molecular complexity index is 941. The summed E-state index contributed by atoms with van der Waals surface area (Å²) in [6.45, 7) is 1.45. The molecule has 150 valence electrons. The van der Waals surface area contributed by atoms with Gasteiger partial charge in [0.05, 0.1) is 23.8 Å². The third-order valence-electron chi connectivity index (χ3n) is 4.43. The third kappa shape index (κ3) is 4.83. The van der Waals surface area contributed by atoms with Crippen LogP contribution < -0.4 is 15.0 Å². The van der Waals surface area contributed by atoms with Gasteiger partial charge in [-0.25, -0.2) is 4.90 Å². The SMILES string of the molecule is COc1ccc(NC(=O)CSC2CC(=O)N(c3ccc(C(C)=O)cc3)C2=O)cc1. The molecule has 3 amide bonds. The molecule has 1 unspecified atom stereocenters. The first-order valence-electron chi connectivity index (χ1n) is 8.92. The first-order chi connectivity index (χ1) is 13.9. The van der Waals surface area contributed by atoms with Crippen LogP contribution in [0.2, 0.25) is 0 Å². The number of nitrogens with zero attached hydrogens (tertiary/aromatic N) is 1. The number of Topliss-reactive ketones (excluding diaryl/α,β-unsaturated/α-hetero) is 1. The van der Waals surface area contributed by atoms with Crippen molar-refractivity contribution in [3.63, 3.8) is 0 Å². The molecule has 7 nitrogen and oxygen atoms in total. The summed E-state index contributed by atoms with van der Waals surface area (Å²) in [5.41, 5.74) is 1.56. The number of carbonyl (C=O) groups is 4. The normalized spacial score (nSPS) is 16.1. The van der Waals surface area contributed by atoms with Crippen molar-refractivity contribution < 1.29 is 23.9 Å². The third-order valence-corrected chi connectivity index (χ3v) is 5.63. The average Bonchev–Trinajstić information content (AvgIpc) is 3.00. The van der Waals surface area contributed by atoms with E-state index in [1.807, 2.05) is 0 Å². The molecule has 0 aliphatic carbocycles. The molecule has 0 saturated carbocycles. The van der Waals surface area contributed by atoms with Crippen LogP contribution >= 0.6 is 11.8 Å². The molecule has 8 heteroatoms. The molecular weight excluding hydrogens is 392 g/mol. The molecule has 3 rings (SSSR count). The highest BCUT2D eigenvalue weighted by Gasteiger charge is 2.40. The molecule has 1 fully saturated rings. The molecule has 0 aromatic heterocycles. The van der Waals surface area contributed by atoms with Crippen molar-refractivity contribution in [2.24, 2.45) is 0 Å². The Morgan fingerprint density at radius 3 is 2.34 bits per heavy atom. The summed E-state index contributed by atoms with van der Waals surface area (Å²) in [6.07, 6.45) is 0.0355. The molecule has 1 aliphatic heterocycles. The van der Waals surface area contributed by atoms with Gasteiger partial charge in [0.1, 0.15) is 5.75 Å². The number of thioether (sulfide) groups is 1. The molecule has 0 spiro atoms. The van der Waals surface area contributed by atoms with E-state index < -0.39 is 5.25 Å². The molecule has 1 N–H and O–H groups in total. The summed E-state index contributed by atoms with van der Waals surface area (Å²) < 4.78 is 5.07. The highest BCUT2D eigenvalue weighted by molar-refractivity contribution is 8.01. The molecule has 1 saturated heterocycles. The fraction of sp³-hybridized carbons (Fsp3) is 0.238. The van der Waals surface area contributed by atoms with Gasteiger partial charge in [0.15, 0.2) is 5.78 Å². The molecule has 2 aromatic rings. The van der Waals surface area contributed by atoms with Crippen LogP contribution in [0.4, 0.5) is 11.4 Å². The summed E-state index contributed by atoms with van der Waals surface area (Å²) in [5.74, 6) is -0.292. The zero-order valence-corrected chi connectivity index (χ0v) is 16.8. The van der Waals surface area contributed by atoms with Crippen molar-refractivity contribution in [3.8, 4) is 5.75 Å². The van der Waals surface area contributed by atoms with Gasteiger partial charge in [0, 0.05) is 17.7 Å². The number of rotatable bonds is 7. The quantitative estimate of drug-likeness (QED) is 0.555. The van der Waals surface area contributed by atoms with Crippen molar-refractivity contribution in [2.75, 3.05) is 23.1 Å². The number of imide groups is 1. The number of ether oxygens (including phenoxy) is 1. The van der Waals surface area contributed by atoms with Gasteiger partial charge in [-0.15, -0.1) is 11.8 Å². The Hall–Kier alpha value is -3.13. The maximum Gasteiger partial charge on any atom is 0.247 e. The topological polar surface area (TPSA) is 92.8 Å². The van der Waals surface area contributed by atoms with E-state index in [0.29, 0.717) is 22.7 Å². The van der Waals surface area contributed by atoms with Crippen molar-refractivity contribution >= 4 is 46.6 Å². The lowest BCUT2D eigenvalue weighted by Gasteiger charge is -2.15. The number of amides is 3. The fourth-order valence-corrected chi connectivity index (χ4v) is 3.83. The fourth-order valence-electron chi connectivity index (χ4n) is 2.90. The van der Waals surface area contributed by atoms with Gasteiger partial charge in [0.25, 0.3) is 0 Å². The number of ketones is 1. The molecule has 1 aliphatic rings. The number of hydrogen-bond acceptors (Lipinski definition) is 6. The van der Waals surface area contributed by atoms with Crippen molar-refractivity contribution in [1.82, 2.24) is 0 Å². The minimum absolute atomic E-state index is 0.0355. The van der Waals surface area contributed by atoms with E-state index in [9.17, 15) is 19.2 Å². The van der Waals surface area contributed by atoms with Gasteiger partial charge in [-0.05, 0) is 55.5 Å². The first-order valence-corrected chi connectivity index (χ1v) is 9.97. The molecule has 2 aromatic carbocycles. The predicted octanol–water partition coefficient (Wildman–Crippen LogP) is 2.90. The smallest absolute Gasteiger partial charge is 0.247 e. The van der Waals surface area contributed by atoms with E-state index in [1.54, 1.807) is 55.6 Å². The largest absolute Gasteiger partial charge is 0.497 e. The Labute approximate surface area is 172 Å². The minimum atomic E-state index is -0.614. The van der Waals surface area contributed by atoms with Gasteiger partial charge in [-0.3, -0.25) is 19.2 Å². The molecule has 1 atom stereocenters. The van der Waals surface area contributed by atoms with E-state index in [4.69, 9.17) is 4.74 Å². The van der Waals surface area contributed by atoms with Crippen LogP contribution in [0, 0.1) is 0 Å². The van der Waals surface area contributed by atoms with Crippen LogP contribution in [-0.4, -0.2) is 41.6 Å². The lowest BCUT2D eigenvalue weighted by Crippen LogP contribution is -2.31. The molecule has 0 bridgehead atoms. The second-order valence-corrected chi connectivity index (χ2v) is 7.64. The Balaban J connectivity index is 1.57. The minimum Gasteiger partial charge on any atom is -0.497 e. The van der Waals surface area contributed by atoms with E-state index in [1.165, 1.54) is 6.92 Å². The summed E-state index contributed by atoms with van der Waals surface area (Å²) in [7, 11) is 1.56. The van der Waals surface area contributed by atoms with Gasteiger partial charge < -0.3 is 10.1 Å². The number of hydrogen-bond donors (Lipinski definition) is 1. The van der Waals surface area contributed by atoms with Crippen LogP contribution in [0.15, 0.2) is 48.5 Å². The highest BCUT2D eigenvalue weighted by Crippen LogP contribution is 2.30. The summed E-state index contributed by atoms with van der Waals surface area (Å²) in [5, 5.41) is 2.13. The lowest BCUT2D eigenvalue weighted by atomic mass is 10.1. The number of anilines is 2. The molecule has 0 radical (unpaired) electrons. The van der Waals surface area contributed by atoms with Crippen LogP contribution in [0.25, 0.3) is 0 Å². The van der Waals surface area contributed by atoms with Crippen LogP contribution in [0.1, 0.15) is 23.7 Å². The number of methoxy groups -OCH3 is 1. The van der Waals surface area contributed by atoms with Gasteiger partial charge in [-0.2, -0.15) is 0 Å². The molecule has 1 heterocycles. The standard InChI is InChI=1S/C21H20N2O5S/c1-13(24)14-3-7-16(8-4-14)23-20(26)11-18(21(23)27)29-12-19(25)22-15-5-9-17(28-2)10-6-15/h3-10,18H,11-12H2,1-2H3,(H,22,25). The zero-order valence-electron chi connectivity index (χ0n) is 16.0. The number of nitrogens with one attached hydrogen (secondary N) is 1. The first kappa shape index (κ1) is 20.6. The van der Waals surface area contributed by atoms with Crippen LogP contribution in [0.3, 0.4) is 0 Å². The number of carbonyl (C=O) groups excluding carboxylic acids is 4. The van der Waals surface area contributed by atoms with E-state index in [2.05, 4.69) is 5.32 Å². The van der Waals surface area contributed by atoms with Gasteiger partial charge in [0.2, 0.25) is 17.7 Å². The summed E-state index contributed by atoms with van der Waals surface area (Å²) in [6, 6.07) is 13.2. The lowest BCUT2D eigenvalue weighted by molar-refractivity contribution is -0.121. The van der Waals surface area contributed by atoms with Gasteiger partial charge >= 0.3 is 0 Å². The average molecular weight is 412 g/mol. The predicted molar refractivity (Wildman–Crippen MR) is 111 cm³/mol. The summed E-state index contributed by atoms with van der Waals surface area (Å²) in [4.78, 5) is 49.6. The van der Waals surface area contributed by atoms with E-state index >= 15 is 0 Å². The van der Waals surface area contributed by atoms with E-state index in [0.717, 1.165) is 16.7 Å². The van der Waals surface area contributed by atoms with Crippen molar-refractivity contribution in [2.45, 2.75) is 18.6 Å². The Morgan fingerprint density at radius 2 is 1.76 bits per heavy atom. The van der Waals surface area contributed by atoms with Gasteiger partial charge in [-0.1, -0.05) is 0 Å². The van der Waals surface area contributed by atoms with Crippen LogP contribution in [-0.2, 0) is 14.4 Å². The maximum absolute atomic E-state index is 12.6. The Kier molecular flexibility index (Phi) is 6.33. The Morgan fingerprint density at radius 1 is 1.10 bits per heavy atom. The maximum atomic E-state index is 12.6. The van der Waals surface area contributed by atoms with E-state index in [-0.39, 0.29) is 35.7 Å². The summed E-state index contributed by atoms with van der Waals surface area (Å²) >= 11 is 1.13. The van der Waals surface area contributed by atoms with Crippen molar-refractivity contribution in [3.05, 3.63) is 54.1 Å². The van der Waals surface area contributed by atoms with Crippen LogP contribution in [0.5, 0.6) is 5.75 Å². The number of benzene rings is 2. The molecule has 29 heavy (non-hydrogen) atoms. The second kappa shape index (κ2) is 8.91. The zero-order chi connectivity index (χ0) is 21.0.